The summed E-state index contributed by atoms with van der Waals surface area (Å²) in [5.74, 6) is -1.54. The van der Waals surface area contributed by atoms with Gasteiger partial charge in [0.1, 0.15) is 17.2 Å². The molecule has 1 aromatic rings. The first-order valence-corrected chi connectivity index (χ1v) is 7.27. The third-order valence-corrected chi connectivity index (χ3v) is 3.67. The average molecular weight is 313 g/mol. The Labute approximate surface area is 128 Å². The van der Waals surface area contributed by atoms with E-state index in [-0.39, 0.29) is 31.5 Å². The topological polar surface area (TPSA) is 49.8 Å². The van der Waals surface area contributed by atoms with E-state index in [4.69, 9.17) is 4.74 Å². The molecule has 0 saturated carbocycles. The Hall–Kier alpha value is -1.69. The Kier molecular flexibility index (Phi) is 4.42. The fraction of sp³-hybridized carbons (Fsp3) is 0.562. The average Bonchev–Trinajstić information content (AvgIpc) is 2.36. The zero-order chi connectivity index (χ0) is 16.5. The Morgan fingerprint density at radius 3 is 2.18 bits per heavy atom. The second kappa shape index (κ2) is 5.83. The summed E-state index contributed by atoms with van der Waals surface area (Å²) in [6.07, 6.45) is -0.364. The minimum Gasteiger partial charge on any atom is -0.444 e. The normalized spacial score (nSPS) is 18.2. The molecule has 0 radical (unpaired) electrons. The lowest BCUT2D eigenvalue weighted by molar-refractivity contribution is -0.0394. The van der Waals surface area contributed by atoms with E-state index in [1.165, 1.54) is 11.0 Å². The van der Waals surface area contributed by atoms with Gasteiger partial charge in [-0.15, -0.1) is 0 Å². The van der Waals surface area contributed by atoms with Crippen molar-refractivity contribution in [2.45, 2.75) is 44.8 Å². The molecule has 1 aliphatic rings. The van der Waals surface area contributed by atoms with Crippen molar-refractivity contribution >= 4 is 6.09 Å². The van der Waals surface area contributed by atoms with Crippen molar-refractivity contribution in [3.05, 3.63) is 35.4 Å². The molecule has 0 unspecified atom stereocenters. The molecule has 0 spiro atoms. The van der Waals surface area contributed by atoms with Crippen molar-refractivity contribution in [1.29, 1.82) is 0 Å². The van der Waals surface area contributed by atoms with Gasteiger partial charge < -0.3 is 14.7 Å². The van der Waals surface area contributed by atoms with Crippen LogP contribution in [0.2, 0.25) is 0 Å². The summed E-state index contributed by atoms with van der Waals surface area (Å²) in [6, 6.07) is 3.50. The lowest BCUT2D eigenvalue weighted by atomic mass is 9.84. The summed E-state index contributed by atoms with van der Waals surface area (Å²) < 4.78 is 33.0. The van der Waals surface area contributed by atoms with Gasteiger partial charge in [-0.3, -0.25) is 0 Å². The minimum absolute atomic E-state index is 0.0596. The van der Waals surface area contributed by atoms with Crippen LogP contribution in [-0.2, 0) is 10.3 Å². The first-order valence-electron chi connectivity index (χ1n) is 7.27. The van der Waals surface area contributed by atoms with Crippen LogP contribution < -0.4 is 0 Å². The number of amides is 1. The molecule has 0 bridgehead atoms. The van der Waals surface area contributed by atoms with Crippen molar-refractivity contribution in [3.8, 4) is 0 Å². The van der Waals surface area contributed by atoms with E-state index in [0.717, 1.165) is 12.1 Å². The lowest BCUT2D eigenvalue weighted by Crippen LogP contribution is -2.47. The Balaban J connectivity index is 2.09. The monoisotopic (exact) mass is 313 g/mol. The number of halogens is 2. The quantitative estimate of drug-likeness (QED) is 0.866. The predicted molar refractivity (Wildman–Crippen MR) is 77.3 cm³/mol. The Morgan fingerprint density at radius 2 is 1.73 bits per heavy atom. The van der Waals surface area contributed by atoms with Crippen LogP contribution in [0, 0.1) is 11.6 Å². The number of ether oxygens (including phenoxy) is 1. The zero-order valence-corrected chi connectivity index (χ0v) is 13.0. The molecule has 1 fully saturated rings. The Bertz CT molecular complexity index is 541. The molecule has 122 valence electrons. The first kappa shape index (κ1) is 16.7. The molecular formula is C16H21F2NO3. The van der Waals surface area contributed by atoms with Crippen molar-refractivity contribution in [2.24, 2.45) is 0 Å². The summed E-state index contributed by atoms with van der Waals surface area (Å²) in [5.41, 5.74) is -2.53. The highest BCUT2D eigenvalue weighted by atomic mass is 19.1. The lowest BCUT2D eigenvalue weighted by Gasteiger charge is -2.39. The van der Waals surface area contributed by atoms with Crippen LogP contribution in [0.15, 0.2) is 18.2 Å². The number of likely N-dealkylation sites (tertiary alicyclic amines) is 1. The molecule has 1 N–H and O–H groups in total. The van der Waals surface area contributed by atoms with Gasteiger partial charge in [-0.1, -0.05) is 6.07 Å². The molecule has 2 rings (SSSR count). The van der Waals surface area contributed by atoms with Crippen molar-refractivity contribution in [3.63, 3.8) is 0 Å². The van der Waals surface area contributed by atoms with Gasteiger partial charge in [0.05, 0.1) is 11.2 Å². The van der Waals surface area contributed by atoms with Gasteiger partial charge in [-0.05, 0) is 45.7 Å². The number of carbonyl (C=O) groups excluding carboxylic acids is 1. The maximum Gasteiger partial charge on any atom is 0.410 e. The summed E-state index contributed by atoms with van der Waals surface area (Å²) in [6.45, 7) is 5.65. The molecule has 0 aliphatic carbocycles. The minimum atomic E-state index is -1.60. The highest BCUT2D eigenvalue weighted by molar-refractivity contribution is 5.68. The highest BCUT2D eigenvalue weighted by Gasteiger charge is 2.40. The van der Waals surface area contributed by atoms with Crippen LogP contribution in [0.1, 0.15) is 39.2 Å². The predicted octanol–water partition coefficient (Wildman–Crippen LogP) is 3.18. The molecule has 1 amide bonds. The van der Waals surface area contributed by atoms with E-state index < -0.39 is 28.9 Å². The maximum absolute atomic E-state index is 13.9. The van der Waals surface area contributed by atoms with Crippen molar-refractivity contribution in [1.82, 2.24) is 4.90 Å². The van der Waals surface area contributed by atoms with E-state index in [0.29, 0.717) is 0 Å². The van der Waals surface area contributed by atoms with Crippen LogP contribution in [0.25, 0.3) is 0 Å². The maximum atomic E-state index is 13.9. The number of nitrogens with zero attached hydrogens (tertiary/aromatic N) is 1. The number of hydrogen-bond acceptors (Lipinski definition) is 3. The number of carbonyl (C=O) groups is 1. The Morgan fingerprint density at radius 1 is 1.23 bits per heavy atom. The van der Waals surface area contributed by atoms with Crippen molar-refractivity contribution in [2.75, 3.05) is 13.1 Å². The van der Waals surface area contributed by atoms with Crippen LogP contribution >= 0.6 is 0 Å². The number of piperidine rings is 1. The molecule has 0 atom stereocenters. The van der Waals surface area contributed by atoms with Gasteiger partial charge in [-0.25, -0.2) is 13.6 Å². The van der Waals surface area contributed by atoms with Gasteiger partial charge in [0.25, 0.3) is 0 Å². The van der Waals surface area contributed by atoms with Crippen LogP contribution in [-0.4, -0.2) is 34.8 Å². The van der Waals surface area contributed by atoms with Crippen molar-refractivity contribution < 1.29 is 23.4 Å². The second-order valence-electron chi connectivity index (χ2n) is 6.60. The molecule has 1 aliphatic heterocycles. The highest BCUT2D eigenvalue weighted by Crippen LogP contribution is 2.36. The molecule has 1 aromatic carbocycles. The van der Waals surface area contributed by atoms with Gasteiger partial charge in [0.2, 0.25) is 0 Å². The number of rotatable bonds is 1. The molecule has 4 nitrogen and oxygen atoms in total. The zero-order valence-electron chi connectivity index (χ0n) is 13.0. The van der Waals surface area contributed by atoms with Gasteiger partial charge in [0.15, 0.2) is 0 Å². The summed E-state index contributed by atoms with van der Waals surface area (Å²) >= 11 is 0. The van der Waals surface area contributed by atoms with E-state index >= 15 is 0 Å². The molecule has 22 heavy (non-hydrogen) atoms. The molecule has 1 saturated heterocycles. The number of aliphatic hydroxyl groups is 1. The largest absolute Gasteiger partial charge is 0.444 e. The molecular weight excluding hydrogens is 292 g/mol. The SMILES string of the molecule is CC(C)(C)OC(=O)N1CCC(O)(c2c(F)cccc2F)CC1. The van der Waals surface area contributed by atoms with E-state index in [9.17, 15) is 18.7 Å². The van der Waals surface area contributed by atoms with Crippen LogP contribution in [0.4, 0.5) is 13.6 Å². The smallest absolute Gasteiger partial charge is 0.410 e. The number of hydrogen-bond donors (Lipinski definition) is 1. The summed E-state index contributed by atoms with van der Waals surface area (Å²) in [7, 11) is 0. The molecule has 0 aromatic heterocycles. The van der Waals surface area contributed by atoms with E-state index in [1.807, 2.05) is 0 Å². The second-order valence-corrected chi connectivity index (χ2v) is 6.60. The first-order chi connectivity index (χ1) is 10.1. The van der Waals surface area contributed by atoms with Gasteiger partial charge >= 0.3 is 6.09 Å². The third kappa shape index (κ3) is 3.55. The van der Waals surface area contributed by atoms with Crippen LogP contribution in [0.5, 0.6) is 0 Å². The van der Waals surface area contributed by atoms with E-state index in [2.05, 4.69) is 0 Å². The summed E-state index contributed by atoms with van der Waals surface area (Å²) in [4.78, 5) is 13.4. The fourth-order valence-corrected chi connectivity index (χ4v) is 2.58. The van der Waals surface area contributed by atoms with Crippen LogP contribution in [0.3, 0.4) is 0 Å². The fourth-order valence-electron chi connectivity index (χ4n) is 2.58. The summed E-state index contributed by atoms with van der Waals surface area (Å²) in [5, 5.41) is 10.6. The number of benzene rings is 1. The van der Waals surface area contributed by atoms with E-state index in [1.54, 1.807) is 20.8 Å². The van der Waals surface area contributed by atoms with Gasteiger partial charge in [0, 0.05) is 13.1 Å². The standard InChI is InChI=1S/C16H21F2NO3/c1-15(2,3)22-14(20)19-9-7-16(21,8-10-19)13-11(17)5-4-6-12(13)18/h4-6,21H,7-10H2,1-3H3. The third-order valence-electron chi connectivity index (χ3n) is 3.67. The van der Waals surface area contributed by atoms with Gasteiger partial charge in [-0.2, -0.15) is 0 Å². The molecule has 1 heterocycles. The molecule has 6 heteroatoms.